The zero-order chi connectivity index (χ0) is 35.6. The minimum Gasteiger partial charge on any atom is -0.310 e. The molecule has 0 unspecified atom stereocenters. The Morgan fingerprint density at radius 3 is 1.56 bits per heavy atom. The maximum absolute atomic E-state index is 2.44. The van der Waals surface area contributed by atoms with E-state index >= 15 is 0 Å². The Labute approximate surface area is 317 Å². The van der Waals surface area contributed by atoms with E-state index in [1.807, 2.05) is 11.3 Å². The second-order valence-electron chi connectivity index (χ2n) is 14.1. The molecule has 0 N–H and O–H groups in total. The van der Waals surface area contributed by atoms with Gasteiger partial charge in [-0.1, -0.05) is 146 Å². The summed E-state index contributed by atoms with van der Waals surface area (Å²) >= 11 is 1.86. The quantitative estimate of drug-likeness (QED) is 0.161. The van der Waals surface area contributed by atoms with Crippen LogP contribution < -0.4 is 4.90 Å². The molecule has 11 aromatic rings. The van der Waals surface area contributed by atoms with Crippen molar-refractivity contribution < 1.29 is 0 Å². The molecule has 0 fully saturated rings. The molecule has 0 radical (unpaired) electrons. The summed E-state index contributed by atoms with van der Waals surface area (Å²) < 4.78 is 2.61. The summed E-state index contributed by atoms with van der Waals surface area (Å²) in [4.78, 5) is 2.44. The average molecular weight is 704 g/mol. The monoisotopic (exact) mass is 703 g/mol. The van der Waals surface area contributed by atoms with Crippen molar-refractivity contribution in [3.8, 4) is 22.3 Å². The van der Waals surface area contributed by atoms with Gasteiger partial charge in [0.05, 0.1) is 0 Å². The third-order valence-electron chi connectivity index (χ3n) is 11.0. The van der Waals surface area contributed by atoms with Crippen molar-refractivity contribution in [2.75, 3.05) is 4.90 Å². The predicted molar refractivity (Wildman–Crippen MR) is 235 cm³/mol. The molecule has 0 bridgehead atoms. The lowest BCUT2D eigenvalue weighted by Gasteiger charge is -2.27. The second-order valence-corrected chi connectivity index (χ2v) is 15.2. The van der Waals surface area contributed by atoms with Crippen LogP contribution in [0.25, 0.3) is 85.5 Å². The lowest BCUT2D eigenvalue weighted by molar-refractivity contribution is 1.30. The first-order chi connectivity index (χ1) is 26.8. The Morgan fingerprint density at radius 1 is 0.278 bits per heavy atom. The molecule has 0 aliphatic heterocycles. The van der Waals surface area contributed by atoms with Crippen molar-refractivity contribution in [2.45, 2.75) is 0 Å². The first-order valence-electron chi connectivity index (χ1n) is 18.5. The molecule has 0 aliphatic carbocycles. The maximum atomic E-state index is 2.44. The smallest absolute Gasteiger partial charge is 0.0468 e. The summed E-state index contributed by atoms with van der Waals surface area (Å²) in [5.41, 5.74) is 8.22. The van der Waals surface area contributed by atoms with Gasteiger partial charge in [0.15, 0.2) is 0 Å². The van der Waals surface area contributed by atoms with Crippen LogP contribution in [0.3, 0.4) is 0 Å². The Kier molecular flexibility index (Phi) is 7.11. The molecule has 252 valence electrons. The molecule has 0 spiro atoms. The maximum Gasteiger partial charge on any atom is 0.0468 e. The lowest BCUT2D eigenvalue weighted by atomic mass is 9.93. The molecular formula is C52H33NS. The van der Waals surface area contributed by atoms with Gasteiger partial charge in [-0.2, -0.15) is 0 Å². The first-order valence-corrected chi connectivity index (χ1v) is 19.3. The topological polar surface area (TPSA) is 3.24 Å². The highest BCUT2D eigenvalue weighted by atomic mass is 32.1. The fraction of sp³-hybridized carbons (Fsp3) is 0. The summed E-state index contributed by atoms with van der Waals surface area (Å²) in [6.07, 6.45) is 0. The van der Waals surface area contributed by atoms with E-state index in [1.54, 1.807) is 0 Å². The highest BCUT2D eigenvalue weighted by Crippen LogP contribution is 2.44. The van der Waals surface area contributed by atoms with Crippen LogP contribution in [0.1, 0.15) is 0 Å². The average Bonchev–Trinajstić information content (AvgIpc) is 3.62. The van der Waals surface area contributed by atoms with Gasteiger partial charge in [0, 0.05) is 37.2 Å². The lowest BCUT2D eigenvalue weighted by Crippen LogP contribution is -2.10. The van der Waals surface area contributed by atoms with Gasteiger partial charge in [0.1, 0.15) is 0 Å². The molecule has 11 rings (SSSR count). The van der Waals surface area contributed by atoms with E-state index in [0.29, 0.717) is 0 Å². The van der Waals surface area contributed by atoms with Gasteiger partial charge < -0.3 is 4.90 Å². The number of fused-ring (bicyclic) bond motifs is 10. The molecule has 0 atom stereocenters. The van der Waals surface area contributed by atoms with Gasteiger partial charge in [-0.05, 0) is 120 Å². The van der Waals surface area contributed by atoms with Crippen LogP contribution in [0.5, 0.6) is 0 Å². The van der Waals surface area contributed by atoms with Gasteiger partial charge in [0.2, 0.25) is 0 Å². The zero-order valence-corrected chi connectivity index (χ0v) is 30.2. The Hall–Kier alpha value is -6.74. The minimum absolute atomic E-state index is 1.12. The van der Waals surface area contributed by atoms with Crippen molar-refractivity contribution in [3.05, 3.63) is 200 Å². The summed E-state index contributed by atoms with van der Waals surface area (Å²) in [6, 6.07) is 73.6. The number of hydrogen-bond donors (Lipinski definition) is 0. The number of hydrogen-bond acceptors (Lipinski definition) is 2. The number of anilines is 3. The number of rotatable bonds is 5. The molecule has 10 aromatic carbocycles. The molecule has 1 nitrogen and oxygen atoms in total. The highest BCUT2D eigenvalue weighted by molar-refractivity contribution is 7.25. The highest BCUT2D eigenvalue weighted by Gasteiger charge is 2.18. The summed E-state index contributed by atoms with van der Waals surface area (Å²) in [5, 5.41) is 12.8. The van der Waals surface area contributed by atoms with Crippen molar-refractivity contribution >= 4 is 91.7 Å². The molecule has 0 amide bonds. The SMILES string of the molecule is c1cc(-c2cccc(N(c3ccc4sc5ccccc5c4c3)c3ccc4c5ccccc5c5ccccc5c4c3)c2)cc(-c2cccc3ccccc23)c1. The van der Waals surface area contributed by atoms with Crippen LogP contribution in [0.4, 0.5) is 17.1 Å². The van der Waals surface area contributed by atoms with E-state index in [-0.39, 0.29) is 0 Å². The molecule has 0 saturated carbocycles. The molecule has 54 heavy (non-hydrogen) atoms. The number of nitrogens with zero attached hydrogens (tertiary/aromatic N) is 1. The number of thiophene rings is 1. The van der Waals surface area contributed by atoms with Crippen LogP contribution in [0, 0.1) is 0 Å². The van der Waals surface area contributed by atoms with E-state index in [4.69, 9.17) is 0 Å². The van der Waals surface area contributed by atoms with Crippen LogP contribution in [0.15, 0.2) is 200 Å². The van der Waals surface area contributed by atoms with Crippen LogP contribution in [-0.4, -0.2) is 0 Å². The van der Waals surface area contributed by atoms with Gasteiger partial charge in [-0.15, -0.1) is 11.3 Å². The van der Waals surface area contributed by atoms with E-state index in [9.17, 15) is 0 Å². The van der Waals surface area contributed by atoms with Crippen molar-refractivity contribution in [3.63, 3.8) is 0 Å². The summed E-state index contributed by atoms with van der Waals surface area (Å²) in [7, 11) is 0. The number of benzene rings is 10. The normalized spacial score (nSPS) is 11.7. The Bertz CT molecular complexity index is 3200. The van der Waals surface area contributed by atoms with Crippen LogP contribution in [-0.2, 0) is 0 Å². The molecule has 0 saturated heterocycles. The first kappa shape index (κ1) is 30.8. The van der Waals surface area contributed by atoms with Gasteiger partial charge in [-0.3, -0.25) is 0 Å². The van der Waals surface area contributed by atoms with E-state index < -0.39 is 0 Å². The van der Waals surface area contributed by atoms with Crippen LogP contribution >= 0.6 is 11.3 Å². The fourth-order valence-electron chi connectivity index (χ4n) is 8.50. The molecular weight excluding hydrogens is 671 g/mol. The zero-order valence-electron chi connectivity index (χ0n) is 29.4. The molecule has 1 heterocycles. The van der Waals surface area contributed by atoms with Gasteiger partial charge in [0.25, 0.3) is 0 Å². The summed E-state index contributed by atoms with van der Waals surface area (Å²) in [6.45, 7) is 0. The Morgan fingerprint density at radius 2 is 0.778 bits per heavy atom. The van der Waals surface area contributed by atoms with E-state index in [2.05, 4.69) is 205 Å². The third kappa shape index (κ3) is 4.99. The Balaban J connectivity index is 1.12. The van der Waals surface area contributed by atoms with Crippen molar-refractivity contribution in [1.29, 1.82) is 0 Å². The third-order valence-corrected chi connectivity index (χ3v) is 12.2. The predicted octanol–water partition coefficient (Wildman–Crippen LogP) is 15.5. The van der Waals surface area contributed by atoms with E-state index in [1.165, 1.54) is 85.5 Å². The van der Waals surface area contributed by atoms with E-state index in [0.717, 1.165) is 17.1 Å². The molecule has 0 aliphatic rings. The molecule has 2 heteroatoms. The minimum atomic E-state index is 1.12. The van der Waals surface area contributed by atoms with Crippen molar-refractivity contribution in [1.82, 2.24) is 0 Å². The second kappa shape index (κ2) is 12.4. The van der Waals surface area contributed by atoms with Gasteiger partial charge in [-0.25, -0.2) is 0 Å². The summed E-state index contributed by atoms with van der Waals surface area (Å²) in [5.74, 6) is 0. The van der Waals surface area contributed by atoms with Crippen molar-refractivity contribution in [2.24, 2.45) is 0 Å². The van der Waals surface area contributed by atoms with Gasteiger partial charge >= 0.3 is 0 Å². The largest absolute Gasteiger partial charge is 0.310 e. The standard InChI is InChI=1S/C52H33NS/c1-2-18-41-34(12-1)13-11-24-42(41)37-16-9-14-35(30-37)36-15-10-17-38(31-36)53(40-27-29-52-50(33-40)48-23-7-8-25-51(48)54-52)39-26-28-47-45-21-4-3-19-43(45)44-20-5-6-22-46(44)49(47)32-39/h1-33H. The fourth-order valence-corrected chi connectivity index (χ4v) is 9.59. The van der Waals surface area contributed by atoms with Crippen LogP contribution in [0.2, 0.25) is 0 Å². The molecule has 1 aromatic heterocycles.